The predicted octanol–water partition coefficient (Wildman–Crippen LogP) is 0.399. The summed E-state index contributed by atoms with van der Waals surface area (Å²) < 4.78 is 2.15. The highest BCUT2D eigenvalue weighted by molar-refractivity contribution is 5.27. The van der Waals surface area contributed by atoms with Crippen LogP contribution in [0.3, 0.4) is 0 Å². The van der Waals surface area contributed by atoms with Crippen molar-refractivity contribution < 1.29 is 0 Å². The number of nitrogens with zero attached hydrogens (tertiary/aromatic N) is 3. The number of rotatable bonds is 3. The van der Waals surface area contributed by atoms with Crippen LogP contribution in [0.15, 0.2) is 0 Å². The third kappa shape index (κ3) is 2.21. The summed E-state index contributed by atoms with van der Waals surface area (Å²) in [7, 11) is 4.20. The minimum absolute atomic E-state index is 0.936. The Morgan fingerprint density at radius 1 is 1.47 bits per heavy atom. The lowest BCUT2D eigenvalue weighted by Crippen LogP contribution is -2.23. The maximum absolute atomic E-state index is 4.65. The molecule has 0 fully saturated rings. The third-order valence-corrected chi connectivity index (χ3v) is 3.02. The Bertz CT molecular complexity index is 341. The van der Waals surface area contributed by atoms with Crippen molar-refractivity contribution in [3.8, 4) is 0 Å². The van der Waals surface area contributed by atoms with Crippen molar-refractivity contribution in [2.24, 2.45) is 0 Å². The van der Waals surface area contributed by atoms with Gasteiger partial charge in [-0.05, 0) is 39.5 Å². The first kappa shape index (κ1) is 10.6. The van der Waals surface area contributed by atoms with E-state index in [-0.39, 0.29) is 0 Å². The van der Waals surface area contributed by atoms with Crippen molar-refractivity contribution in [1.82, 2.24) is 20.0 Å². The van der Waals surface area contributed by atoms with Crippen LogP contribution in [0, 0.1) is 6.92 Å². The van der Waals surface area contributed by atoms with Gasteiger partial charge in [0, 0.05) is 18.8 Å². The number of aromatic nitrogens is 2. The number of nitrogens with one attached hydrogen (secondary N) is 1. The number of hydrogen-bond acceptors (Lipinski definition) is 3. The van der Waals surface area contributed by atoms with E-state index in [0.29, 0.717) is 0 Å². The summed E-state index contributed by atoms with van der Waals surface area (Å²) in [5.41, 5.74) is 4.07. The summed E-state index contributed by atoms with van der Waals surface area (Å²) in [4.78, 5) is 2.19. The lowest BCUT2D eigenvalue weighted by molar-refractivity contribution is 0.370. The zero-order chi connectivity index (χ0) is 10.8. The van der Waals surface area contributed by atoms with E-state index in [2.05, 4.69) is 41.0 Å². The van der Waals surface area contributed by atoms with E-state index in [1.807, 2.05) is 0 Å². The Morgan fingerprint density at radius 2 is 2.27 bits per heavy atom. The molecule has 2 rings (SSSR count). The SMILES string of the molecule is Cc1c2c(nn1CCN(C)C)CNCC2. The van der Waals surface area contributed by atoms with Crippen LogP contribution >= 0.6 is 0 Å². The summed E-state index contributed by atoms with van der Waals surface area (Å²) >= 11 is 0. The number of hydrogen-bond donors (Lipinski definition) is 1. The molecule has 0 bridgehead atoms. The van der Waals surface area contributed by atoms with E-state index >= 15 is 0 Å². The Kier molecular flexibility index (Phi) is 3.07. The van der Waals surface area contributed by atoms with Gasteiger partial charge < -0.3 is 10.2 Å². The topological polar surface area (TPSA) is 33.1 Å². The summed E-state index contributed by atoms with van der Waals surface area (Å²) in [5.74, 6) is 0. The van der Waals surface area contributed by atoms with Crippen molar-refractivity contribution in [3.63, 3.8) is 0 Å². The molecule has 0 saturated heterocycles. The van der Waals surface area contributed by atoms with Crippen LogP contribution < -0.4 is 5.32 Å². The van der Waals surface area contributed by atoms with Crippen LogP contribution in [0.5, 0.6) is 0 Å². The van der Waals surface area contributed by atoms with Gasteiger partial charge in [0.25, 0.3) is 0 Å². The summed E-state index contributed by atoms with van der Waals surface area (Å²) in [6, 6.07) is 0. The van der Waals surface area contributed by atoms with Gasteiger partial charge in [0.15, 0.2) is 0 Å². The van der Waals surface area contributed by atoms with Crippen LogP contribution in [0.1, 0.15) is 17.0 Å². The normalized spacial score (nSPS) is 15.7. The van der Waals surface area contributed by atoms with Gasteiger partial charge in [0.05, 0.1) is 12.2 Å². The second kappa shape index (κ2) is 4.33. The van der Waals surface area contributed by atoms with Crippen LogP contribution in [-0.2, 0) is 19.5 Å². The van der Waals surface area contributed by atoms with Gasteiger partial charge in [-0.25, -0.2) is 0 Å². The fourth-order valence-corrected chi connectivity index (χ4v) is 2.05. The zero-order valence-corrected chi connectivity index (χ0v) is 9.88. The molecule has 1 aliphatic rings. The predicted molar refractivity (Wildman–Crippen MR) is 60.9 cm³/mol. The highest BCUT2D eigenvalue weighted by Crippen LogP contribution is 2.16. The second-order valence-electron chi connectivity index (χ2n) is 4.46. The Balaban J connectivity index is 2.14. The van der Waals surface area contributed by atoms with Gasteiger partial charge in [-0.1, -0.05) is 0 Å². The Morgan fingerprint density at radius 3 is 2.93 bits per heavy atom. The standard InChI is InChI=1S/C11H20N4/c1-9-10-4-5-12-8-11(10)13-15(9)7-6-14(2)3/h12H,4-8H2,1-3H3. The van der Waals surface area contributed by atoms with E-state index < -0.39 is 0 Å². The molecule has 0 atom stereocenters. The molecule has 1 aromatic heterocycles. The highest BCUT2D eigenvalue weighted by atomic mass is 15.3. The van der Waals surface area contributed by atoms with Crippen LogP contribution in [0.2, 0.25) is 0 Å². The van der Waals surface area contributed by atoms with Crippen LogP contribution in [-0.4, -0.2) is 41.9 Å². The van der Waals surface area contributed by atoms with Gasteiger partial charge in [-0.2, -0.15) is 5.10 Å². The van der Waals surface area contributed by atoms with Gasteiger partial charge in [-0.15, -0.1) is 0 Å². The molecule has 1 N–H and O–H groups in total. The molecule has 84 valence electrons. The molecule has 0 saturated carbocycles. The maximum atomic E-state index is 4.65. The molecule has 0 aliphatic carbocycles. The second-order valence-corrected chi connectivity index (χ2v) is 4.46. The van der Waals surface area contributed by atoms with Crippen molar-refractivity contribution in [2.45, 2.75) is 26.4 Å². The third-order valence-electron chi connectivity index (χ3n) is 3.02. The first-order valence-electron chi connectivity index (χ1n) is 5.59. The van der Waals surface area contributed by atoms with E-state index in [0.717, 1.165) is 32.6 Å². The molecule has 0 radical (unpaired) electrons. The van der Waals surface area contributed by atoms with E-state index in [4.69, 9.17) is 0 Å². The molecule has 0 unspecified atom stereocenters. The Hall–Kier alpha value is -0.870. The fraction of sp³-hybridized carbons (Fsp3) is 0.727. The average Bonchev–Trinajstić information content (AvgIpc) is 2.54. The molecule has 15 heavy (non-hydrogen) atoms. The quantitative estimate of drug-likeness (QED) is 0.780. The highest BCUT2D eigenvalue weighted by Gasteiger charge is 2.16. The van der Waals surface area contributed by atoms with Gasteiger partial charge >= 0.3 is 0 Å². The minimum atomic E-state index is 0.936. The summed E-state index contributed by atoms with van der Waals surface area (Å²) in [6.45, 7) is 6.26. The smallest absolute Gasteiger partial charge is 0.0797 e. The molecule has 1 aliphatic heterocycles. The minimum Gasteiger partial charge on any atom is -0.311 e. The number of fused-ring (bicyclic) bond motifs is 1. The van der Waals surface area contributed by atoms with Crippen molar-refractivity contribution >= 4 is 0 Å². The van der Waals surface area contributed by atoms with E-state index in [9.17, 15) is 0 Å². The monoisotopic (exact) mass is 208 g/mol. The zero-order valence-electron chi connectivity index (χ0n) is 9.88. The Labute approximate surface area is 91.3 Å². The van der Waals surface area contributed by atoms with Crippen LogP contribution in [0.25, 0.3) is 0 Å². The fourth-order valence-electron chi connectivity index (χ4n) is 2.05. The van der Waals surface area contributed by atoms with Gasteiger partial charge in [-0.3, -0.25) is 4.68 Å². The molecular formula is C11H20N4. The maximum Gasteiger partial charge on any atom is 0.0797 e. The molecule has 1 aromatic rings. The summed E-state index contributed by atoms with van der Waals surface area (Å²) in [5, 5.41) is 8.01. The van der Waals surface area contributed by atoms with Crippen molar-refractivity contribution in [1.29, 1.82) is 0 Å². The summed E-state index contributed by atoms with van der Waals surface area (Å²) in [6.07, 6.45) is 1.13. The molecular weight excluding hydrogens is 188 g/mol. The molecule has 4 nitrogen and oxygen atoms in total. The number of likely N-dealkylation sites (N-methyl/N-ethyl adjacent to an activating group) is 1. The molecule has 0 amide bonds. The average molecular weight is 208 g/mol. The lowest BCUT2D eigenvalue weighted by atomic mass is 10.1. The first-order chi connectivity index (χ1) is 7.18. The van der Waals surface area contributed by atoms with Crippen molar-refractivity contribution in [2.75, 3.05) is 27.2 Å². The van der Waals surface area contributed by atoms with E-state index in [1.165, 1.54) is 17.0 Å². The molecule has 0 aromatic carbocycles. The molecule has 0 spiro atoms. The molecule has 2 heterocycles. The van der Waals surface area contributed by atoms with Crippen LogP contribution in [0.4, 0.5) is 0 Å². The van der Waals surface area contributed by atoms with Gasteiger partial charge in [0.1, 0.15) is 0 Å². The van der Waals surface area contributed by atoms with Crippen molar-refractivity contribution in [3.05, 3.63) is 17.0 Å². The largest absolute Gasteiger partial charge is 0.311 e. The van der Waals surface area contributed by atoms with E-state index in [1.54, 1.807) is 0 Å². The molecule has 4 heteroatoms. The van der Waals surface area contributed by atoms with Gasteiger partial charge in [0.2, 0.25) is 0 Å². The first-order valence-corrected chi connectivity index (χ1v) is 5.59. The lowest BCUT2D eigenvalue weighted by Gasteiger charge is -2.11.